The van der Waals surface area contributed by atoms with Crippen LogP contribution in [0.3, 0.4) is 0 Å². The van der Waals surface area contributed by atoms with Crippen molar-refractivity contribution in [2.24, 2.45) is 16.5 Å². The molecule has 1 aromatic carbocycles. The van der Waals surface area contributed by atoms with E-state index >= 15 is 0 Å². The number of nitrogens with one attached hydrogen (secondary N) is 1. The third-order valence-corrected chi connectivity index (χ3v) is 5.07. The maximum Gasteiger partial charge on any atom is 0.239 e. The van der Waals surface area contributed by atoms with Crippen LogP contribution in [-0.4, -0.2) is 80.1 Å². The first-order valence-corrected chi connectivity index (χ1v) is 9.64. The van der Waals surface area contributed by atoms with Crippen molar-refractivity contribution in [3.05, 3.63) is 23.8 Å². The predicted molar refractivity (Wildman–Crippen MR) is 108 cm³/mol. The van der Waals surface area contributed by atoms with Crippen molar-refractivity contribution in [3.8, 4) is 5.75 Å². The van der Waals surface area contributed by atoms with Gasteiger partial charge in [0.2, 0.25) is 11.8 Å². The molecule has 5 N–H and O–H groups in total. The van der Waals surface area contributed by atoms with Crippen molar-refractivity contribution in [2.75, 3.05) is 46.5 Å². The second kappa shape index (κ2) is 9.57. The van der Waals surface area contributed by atoms with Crippen LogP contribution in [-0.2, 0) is 20.9 Å². The van der Waals surface area contributed by atoms with Crippen molar-refractivity contribution in [1.29, 1.82) is 0 Å². The highest BCUT2D eigenvalue weighted by molar-refractivity contribution is 5.88. The van der Waals surface area contributed by atoms with Gasteiger partial charge in [0.05, 0.1) is 38.1 Å². The number of nitrogens with two attached hydrogens (primary N) is 2. The van der Waals surface area contributed by atoms with E-state index in [2.05, 4.69) is 10.3 Å². The summed E-state index contributed by atoms with van der Waals surface area (Å²) < 4.78 is 11.2. The molecule has 158 valence electrons. The molecule has 1 unspecified atom stereocenters. The lowest BCUT2D eigenvalue weighted by Crippen LogP contribution is -2.50. The minimum Gasteiger partial charge on any atom is -0.493 e. The smallest absolute Gasteiger partial charge is 0.239 e. The number of fused-ring (bicyclic) bond motifs is 1. The van der Waals surface area contributed by atoms with E-state index in [0.29, 0.717) is 63.3 Å². The summed E-state index contributed by atoms with van der Waals surface area (Å²) in [6.45, 7) is 3.59. The fourth-order valence-electron chi connectivity index (χ4n) is 3.42. The Kier molecular flexibility index (Phi) is 6.89. The summed E-state index contributed by atoms with van der Waals surface area (Å²) in [5.74, 6) is 0.454. The van der Waals surface area contributed by atoms with Crippen LogP contribution in [0.25, 0.3) is 0 Å². The number of guanidine groups is 1. The number of ether oxygens (including phenoxy) is 2. The molecule has 1 aromatic rings. The Balaban J connectivity index is 1.58. The second-order valence-electron chi connectivity index (χ2n) is 6.99. The monoisotopic (exact) mass is 404 g/mol. The standard InChI is InChI=1S/C19H28N6O4/c1-22-17(26)12-25-11-13-2-3-14(10-15(13)23-19(25)21)29-7-4-16(18(20)27)24-5-8-28-9-6-24/h2-3,10,16H,4-9,11-12H2,1H3,(H2,20,27)(H2,21,23)(H,22,26). The molecular formula is C19H28N6O4. The third-order valence-electron chi connectivity index (χ3n) is 5.07. The molecule has 2 aliphatic heterocycles. The molecule has 3 rings (SSSR count). The number of hydrogen-bond donors (Lipinski definition) is 3. The number of primary amides is 1. The Morgan fingerprint density at radius 3 is 2.79 bits per heavy atom. The molecule has 10 heteroatoms. The first-order chi connectivity index (χ1) is 14.0. The van der Waals surface area contributed by atoms with Gasteiger partial charge < -0.3 is 31.2 Å². The van der Waals surface area contributed by atoms with Crippen molar-refractivity contribution in [2.45, 2.75) is 19.0 Å². The molecule has 0 bridgehead atoms. The summed E-state index contributed by atoms with van der Waals surface area (Å²) >= 11 is 0. The zero-order chi connectivity index (χ0) is 20.8. The van der Waals surface area contributed by atoms with Gasteiger partial charge in [-0.05, 0) is 11.6 Å². The first-order valence-electron chi connectivity index (χ1n) is 9.64. The highest BCUT2D eigenvalue weighted by Gasteiger charge is 2.25. The summed E-state index contributed by atoms with van der Waals surface area (Å²) in [7, 11) is 1.58. The Labute approximate surface area is 169 Å². The van der Waals surface area contributed by atoms with Gasteiger partial charge in [-0.2, -0.15) is 0 Å². The number of nitrogens with zero attached hydrogens (tertiary/aromatic N) is 3. The van der Waals surface area contributed by atoms with E-state index in [9.17, 15) is 9.59 Å². The van der Waals surface area contributed by atoms with Crippen LogP contribution < -0.4 is 21.5 Å². The summed E-state index contributed by atoms with van der Waals surface area (Å²) in [6, 6.07) is 5.20. The molecule has 1 fully saturated rings. The third kappa shape index (κ3) is 5.36. The lowest BCUT2D eigenvalue weighted by atomic mass is 10.1. The van der Waals surface area contributed by atoms with Crippen LogP contribution in [0.15, 0.2) is 23.2 Å². The molecule has 0 saturated carbocycles. The average Bonchev–Trinajstić information content (AvgIpc) is 2.72. The zero-order valence-corrected chi connectivity index (χ0v) is 16.6. The Hall–Kier alpha value is -2.85. The maximum atomic E-state index is 11.8. The van der Waals surface area contributed by atoms with Crippen LogP contribution in [0.1, 0.15) is 12.0 Å². The molecule has 2 aliphatic rings. The predicted octanol–water partition coefficient (Wildman–Crippen LogP) is -0.851. The van der Waals surface area contributed by atoms with E-state index in [1.165, 1.54) is 0 Å². The lowest BCUT2D eigenvalue weighted by molar-refractivity contribution is -0.125. The molecule has 2 heterocycles. The average molecular weight is 404 g/mol. The van der Waals surface area contributed by atoms with E-state index in [-0.39, 0.29) is 24.4 Å². The quantitative estimate of drug-likeness (QED) is 0.513. The number of amides is 2. The van der Waals surface area contributed by atoms with Crippen LogP contribution in [0.4, 0.5) is 5.69 Å². The van der Waals surface area contributed by atoms with E-state index in [1.54, 1.807) is 11.9 Å². The highest BCUT2D eigenvalue weighted by Crippen LogP contribution is 2.29. The van der Waals surface area contributed by atoms with Crippen LogP contribution >= 0.6 is 0 Å². The number of benzene rings is 1. The largest absolute Gasteiger partial charge is 0.493 e. The van der Waals surface area contributed by atoms with Gasteiger partial charge in [0, 0.05) is 39.2 Å². The lowest BCUT2D eigenvalue weighted by Gasteiger charge is -2.32. The number of rotatable bonds is 8. The Morgan fingerprint density at radius 2 is 2.10 bits per heavy atom. The van der Waals surface area contributed by atoms with Crippen LogP contribution in [0.2, 0.25) is 0 Å². The SMILES string of the molecule is CNC(=O)CN1Cc2ccc(OCCC(C(N)=O)N3CCOCC3)cc2N=C1N. The van der Waals surface area contributed by atoms with E-state index in [0.717, 1.165) is 5.56 Å². The van der Waals surface area contributed by atoms with Crippen molar-refractivity contribution < 1.29 is 19.1 Å². The van der Waals surface area contributed by atoms with Gasteiger partial charge in [-0.3, -0.25) is 14.5 Å². The summed E-state index contributed by atoms with van der Waals surface area (Å²) in [6.07, 6.45) is 0.498. The summed E-state index contributed by atoms with van der Waals surface area (Å²) in [5.41, 5.74) is 13.2. The first kappa shape index (κ1) is 20.9. The number of carbonyl (C=O) groups excluding carboxylic acids is 2. The highest BCUT2D eigenvalue weighted by atomic mass is 16.5. The van der Waals surface area contributed by atoms with Crippen molar-refractivity contribution in [1.82, 2.24) is 15.1 Å². The van der Waals surface area contributed by atoms with Gasteiger partial charge in [-0.1, -0.05) is 6.07 Å². The van der Waals surface area contributed by atoms with Gasteiger partial charge in [0.1, 0.15) is 5.75 Å². The minimum absolute atomic E-state index is 0.129. The van der Waals surface area contributed by atoms with E-state index in [4.69, 9.17) is 20.9 Å². The van der Waals surface area contributed by atoms with Gasteiger partial charge in [0.15, 0.2) is 5.96 Å². The van der Waals surface area contributed by atoms with Crippen molar-refractivity contribution in [3.63, 3.8) is 0 Å². The minimum atomic E-state index is -0.372. The molecule has 29 heavy (non-hydrogen) atoms. The van der Waals surface area contributed by atoms with Crippen LogP contribution in [0.5, 0.6) is 5.75 Å². The van der Waals surface area contributed by atoms with Gasteiger partial charge in [-0.15, -0.1) is 0 Å². The van der Waals surface area contributed by atoms with E-state index < -0.39 is 0 Å². The fraction of sp³-hybridized carbons (Fsp3) is 0.526. The Bertz CT molecular complexity index is 778. The Morgan fingerprint density at radius 1 is 1.34 bits per heavy atom. The molecule has 1 atom stereocenters. The second-order valence-corrected chi connectivity index (χ2v) is 6.99. The molecular weight excluding hydrogens is 376 g/mol. The zero-order valence-electron chi connectivity index (χ0n) is 16.6. The molecule has 2 amide bonds. The van der Waals surface area contributed by atoms with Gasteiger partial charge in [-0.25, -0.2) is 4.99 Å². The fourth-order valence-corrected chi connectivity index (χ4v) is 3.42. The number of carbonyl (C=O) groups is 2. The van der Waals surface area contributed by atoms with Gasteiger partial charge >= 0.3 is 0 Å². The topological polar surface area (TPSA) is 136 Å². The molecule has 1 saturated heterocycles. The molecule has 0 spiro atoms. The number of hydrogen-bond acceptors (Lipinski definition) is 8. The van der Waals surface area contributed by atoms with E-state index in [1.807, 2.05) is 23.1 Å². The number of morpholine rings is 1. The number of likely N-dealkylation sites (N-methyl/N-ethyl adjacent to an activating group) is 1. The van der Waals surface area contributed by atoms with Crippen LogP contribution in [0, 0.1) is 0 Å². The maximum absolute atomic E-state index is 11.8. The normalized spacial score (nSPS) is 17.8. The molecule has 10 nitrogen and oxygen atoms in total. The van der Waals surface area contributed by atoms with Crippen molar-refractivity contribution >= 4 is 23.5 Å². The molecule has 0 radical (unpaired) electrons. The van der Waals surface area contributed by atoms with Gasteiger partial charge in [0.25, 0.3) is 0 Å². The molecule has 0 aliphatic carbocycles. The summed E-state index contributed by atoms with van der Waals surface area (Å²) in [4.78, 5) is 31.5. The molecule has 0 aromatic heterocycles. The summed E-state index contributed by atoms with van der Waals surface area (Å²) in [5, 5.41) is 2.58. The number of aliphatic imine (C=N–C) groups is 1.